The molecule has 1 amide bonds. The molecule has 0 fully saturated rings. The van der Waals surface area contributed by atoms with Crippen molar-refractivity contribution >= 4 is 32.6 Å². The Bertz CT molecular complexity index is 1070. The number of nitrogens with zero attached hydrogens (tertiary/aromatic N) is 1. The number of nitrogens with one attached hydrogen (secondary N) is 1. The van der Waals surface area contributed by atoms with Gasteiger partial charge in [-0.1, -0.05) is 72.9 Å². The molecule has 4 heteroatoms. The predicted molar refractivity (Wildman–Crippen MR) is 113 cm³/mol. The number of hydrogen-bond acceptors (Lipinski definition) is 3. The highest BCUT2D eigenvalue weighted by molar-refractivity contribution is 7.22. The van der Waals surface area contributed by atoms with Crippen LogP contribution in [-0.4, -0.2) is 10.9 Å². The number of thiazole rings is 1. The summed E-state index contributed by atoms with van der Waals surface area (Å²) in [5.74, 6) is -0.127. The summed E-state index contributed by atoms with van der Waals surface area (Å²) in [6.07, 6.45) is 1.79. The topological polar surface area (TPSA) is 42.0 Å². The summed E-state index contributed by atoms with van der Waals surface area (Å²) in [7, 11) is 0. The zero-order chi connectivity index (χ0) is 18.6. The predicted octanol–water partition coefficient (Wildman–Crippen LogP) is 5.70. The van der Waals surface area contributed by atoms with Crippen molar-refractivity contribution in [1.82, 2.24) is 4.98 Å². The lowest BCUT2D eigenvalue weighted by molar-refractivity contribution is 0.102. The number of carbonyl (C=O) groups excluding carboxylic acids is 1. The number of hydrogen-bond donors (Lipinski definition) is 1. The van der Waals surface area contributed by atoms with E-state index in [0.29, 0.717) is 10.7 Å². The Hall–Kier alpha value is -2.98. The van der Waals surface area contributed by atoms with Gasteiger partial charge in [-0.25, -0.2) is 4.98 Å². The monoisotopic (exact) mass is 372 g/mol. The fraction of sp³-hybridized carbons (Fsp3) is 0.130. The fourth-order valence-electron chi connectivity index (χ4n) is 3.12. The first-order chi connectivity index (χ1) is 13.2. The largest absolute Gasteiger partial charge is 0.298 e. The first-order valence-corrected chi connectivity index (χ1v) is 9.87. The molecule has 0 unspecified atom stereocenters. The van der Waals surface area contributed by atoms with Gasteiger partial charge in [0, 0.05) is 5.56 Å². The van der Waals surface area contributed by atoms with Crippen LogP contribution in [0.15, 0.2) is 72.8 Å². The van der Waals surface area contributed by atoms with E-state index in [2.05, 4.69) is 35.4 Å². The van der Waals surface area contributed by atoms with Gasteiger partial charge in [0.1, 0.15) is 0 Å². The summed E-state index contributed by atoms with van der Waals surface area (Å²) in [4.78, 5) is 17.2. The van der Waals surface area contributed by atoms with Crippen LogP contribution >= 0.6 is 11.3 Å². The van der Waals surface area contributed by atoms with E-state index in [1.165, 1.54) is 28.0 Å². The van der Waals surface area contributed by atoms with E-state index in [9.17, 15) is 4.79 Å². The Labute approximate surface area is 162 Å². The van der Waals surface area contributed by atoms with Gasteiger partial charge in [0.05, 0.1) is 10.2 Å². The molecule has 3 aromatic carbocycles. The van der Waals surface area contributed by atoms with Crippen LogP contribution in [0.3, 0.4) is 0 Å². The third kappa shape index (κ3) is 3.91. The maximum absolute atomic E-state index is 12.6. The molecule has 0 saturated carbocycles. The van der Waals surface area contributed by atoms with Crippen molar-refractivity contribution in [2.45, 2.75) is 19.8 Å². The molecule has 0 bridgehead atoms. The smallest absolute Gasteiger partial charge is 0.257 e. The lowest BCUT2D eigenvalue weighted by Gasteiger charge is -2.05. The second kappa shape index (κ2) is 7.72. The number of benzene rings is 3. The first kappa shape index (κ1) is 17.4. The molecular weight excluding hydrogens is 352 g/mol. The van der Waals surface area contributed by atoms with E-state index in [1.807, 2.05) is 54.6 Å². The number of aryl methyl sites for hydroxylation is 1. The van der Waals surface area contributed by atoms with Gasteiger partial charge in [0.15, 0.2) is 5.13 Å². The number of rotatable bonds is 5. The lowest BCUT2D eigenvalue weighted by atomic mass is 10.0. The molecule has 4 rings (SSSR count). The van der Waals surface area contributed by atoms with E-state index in [-0.39, 0.29) is 5.91 Å². The van der Waals surface area contributed by atoms with Crippen LogP contribution in [0.5, 0.6) is 0 Å². The van der Waals surface area contributed by atoms with Crippen LogP contribution in [0.1, 0.15) is 34.0 Å². The van der Waals surface area contributed by atoms with Crippen LogP contribution in [0.2, 0.25) is 0 Å². The number of anilines is 1. The first-order valence-electron chi connectivity index (χ1n) is 9.05. The minimum absolute atomic E-state index is 0.127. The molecule has 3 nitrogen and oxygen atoms in total. The highest BCUT2D eigenvalue weighted by Gasteiger charge is 2.11. The SMILES string of the molecule is CCc1cccc2sc(NC(=O)c3ccc(Cc4ccccc4)cc3)nc12. The van der Waals surface area contributed by atoms with E-state index < -0.39 is 0 Å². The van der Waals surface area contributed by atoms with Gasteiger partial charge >= 0.3 is 0 Å². The fourth-order valence-corrected chi connectivity index (χ4v) is 4.03. The van der Waals surface area contributed by atoms with E-state index >= 15 is 0 Å². The number of aromatic nitrogens is 1. The standard InChI is InChI=1S/C23H20N2OS/c1-2-18-9-6-10-20-21(18)24-23(27-20)25-22(26)19-13-11-17(12-14-19)15-16-7-4-3-5-8-16/h3-14H,2,15H2,1H3,(H,24,25,26). The summed E-state index contributed by atoms with van der Waals surface area (Å²) in [5.41, 5.74) is 5.27. The molecule has 0 spiro atoms. The highest BCUT2D eigenvalue weighted by atomic mass is 32.1. The van der Waals surface area contributed by atoms with E-state index in [1.54, 1.807) is 0 Å². The molecule has 0 radical (unpaired) electrons. The average molecular weight is 372 g/mol. The summed E-state index contributed by atoms with van der Waals surface area (Å²) in [6.45, 7) is 2.11. The molecule has 1 aromatic heterocycles. The Kier molecular flexibility index (Phi) is 4.99. The van der Waals surface area contributed by atoms with Crippen molar-refractivity contribution < 1.29 is 4.79 Å². The van der Waals surface area contributed by atoms with Crippen LogP contribution < -0.4 is 5.32 Å². The van der Waals surface area contributed by atoms with E-state index in [4.69, 9.17) is 0 Å². The second-order valence-corrected chi connectivity index (χ2v) is 7.48. The zero-order valence-corrected chi connectivity index (χ0v) is 15.9. The molecule has 4 aromatic rings. The van der Waals surface area contributed by atoms with Crippen LogP contribution in [0.4, 0.5) is 5.13 Å². The normalized spacial score (nSPS) is 10.9. The summed E-state index contributed by atoms with van der Waals surface area (Å²) >= 11 is 1.51. The molecule has 0 saturated heterocycles. The van der Waals surface area contributed by atoms with Gasteiger partial charge in [-0.05, 0) is 47.7 Å². The molecule has 0 aliphatic rings. The number of fused-ring (bicyclic) bond motifs is 1. The van der Waals surface area contributed by atoms with Crippen molar-refractivity contribution in [1.29, 1.82) is 0 Å². The number of amides is 1. The molecule has 1 N–H and O–H groups in total. The van der Waals surface area contributed by atoms with E-state index in [0.717, 1.165) is 23.1 Å². The highest BCUT2D eigenvalue weighted by Crippen LogP contribution is 2.28. The molecular formula is C23H20N2OS. The summed E-state index contributed by atoms with van der Waals surface area (Å²) in [5, 5.41) is 3.58. The maximum Gasteiger partial charge on any atom is 0.257 e. The Morgan fingerprint density at radius 1 is 0.926 bits per heavy atom. The minimum atomic E-state index is -0.127. The van der Waals surface area contributed by atoms with Crippen LogP contribution in [-0.2, 0) is 12.8 Å². The van der Waals surface area contributed by atoms with Gasteiger partial charge < -0.3 is 0 Å². The van der Waals surface area contributed by atoms with Crippen LogP contribution in [0, 0.1) is 0 Å². The molecule has 0 aliphatic carbocycles. The van der Waals surface area contributed by atoms with Crippen molar-refractivity contribution in [3.8, 4) is 0 Å². The third-order valence-corrected chi connectivity index (χ3v) is 5.51. The Morgan fingerprint density at radius 3 is 2.41 bits per heavy atom. The molecule has 27 heavy (non-hydrogen) atoms. The van der Waals surface area contributed by atoms with Crippen molar-refractivity contribution in [2.75, 3.05) is 5.32 Å². The molecule has 134 valence electrons. The Morgan fingerprint density at radius 2 is 1.67 bits per heavy atom. The summed E-state index contributed by atoms with van der Waals surface area (Å²) < 4.78 is 1.10. The van der Waals surface area contributed by atoms with Gasteiger partial charge in [-0.3, -0.25) is 10.1 Å². The number of para-hydroxylation sites is 1. The Balaban J connectivity index is 1.48. The lowest BCUT2D eigenvalue weighted by Crippen LogP contribution is -2.11. The quantitative estimate of drug-likeness (QED) is 0.488. The van der Waals surface area contributed by atoms with Gasteiger partial charge in [0.2, 0.25) is 0 Å². The van der Waals surface area contributed by atoms with Gasteiger partial charge in [-0.2, -0.15) is 0 Å². The molecule has 0 atom stereocenters. The maximum atomic E-state index is 12.6. The molecule has 1 heterocycles. The molecule has 0 aliphatic heterocycles. The second-order valence-electron chi connectivity index (χ2n) is 6.45. The van der Waals surface area contributed by atoms with Crippen LogP contribution in [0.25, 0.3) is 10.2 Å². The zero-order valence-electron chi connectivity index (χ0n) is 15.1. The minimum Gasteiger partial charge on any atom is -0.298 e. The van der Waals surface area contributed by atoms with Gasteiger partial charge in [0.25, 0.3) is 5.91 Å². The average Bonchev–Trinajstić information content (AvgIpc) is 3.11. The third-order valence-electron chi connectivity index (χ3n) is 4.57. The van der Waals surface area contributed by atoms with Crippen molar-refractivity contribution in [3.05, 3.63) is 95.1 Å². The van der Waals surface area contributed by atoms with Crippen molar-refractivity contribution in [3.63, 3.8) is 0 Å². The van der Waals surface area contributed by atoms with Gasteiger partial charge in [-0.15, -0.1) is 0 Å². The van der Waals surface area contributed by atoms with Crippen molar-refractivity contribution in [2.24, 2.45) is 0 Å². The summed E-state index contributed by atoms with van der Waals surface area (Å²) in [6, 6.07) is 24.2. The number of carbonyl (C=O) groups is 1.